The van der Waals surface area contributed by atoms with Crippen LogP contribution >= 0.6 is 12.2 Å². The summed E-state index contributed by atoms with van der Waals surface area (Å²) in [6.07, 6.45) is 6.51. The molecule has 0 nitrogen and oxygen atoms in total. The van der Waals surface area contributed by atoms with Gasteiger partial charge >= 0.3 is 0 Å². The zero-order chi connectivity index (χ0) is 9.40. The maximum absolute atomic E-state index is 5.05. The second-order valence-corrected chi connectivity index (χ2v) is 3.98. The molecule has 0 aliphatic rings. The smallest absolute Gasteiger partial charge is 0.0103 e. The van der Waals surface area contributed by atoms with Gasteiger partial charge in [0.15, 0.2) is 0 Å². The first-order chi connectivity index (χ1) is 5.76. The van der Waals surface area contributed by atoms with E-state index >= 15 is 0 Å². The second kappa shape index (κ2) is 7.72. The maximum atomic E-state index is 5.05. The number of hydrogen-bond acceptors (Lipinski definition) is 1. The van der Waals surface area contributed by atoms with E-state index in [1.54, 1.807) is 0 Å². The monoisotopic (exact) mass is 186 g/mol. The van der Waals surface area contributed by atoms with Crippen molar-refractivity contribution in [1.82, 2.24) is 0 Å². The van der Waals surface area contributed by atoms with Gasteiger partial charge in [-0.1, -0.05) is 58.7 Å². The molecule has 0 aliphatic heterocycles. The molecule has 0 spiro atoms. The highest BCUT2D eigenvalue weighted by Gasteiger charge is 2.12. The van der Waals surface area contributed by atoms with Crippen LogP contribution in [-0.4, -0.2) is 5.37 Å². The Kier molecular flexibility index (Phi) is 7.78. The Labute approximate surface area is 82.7 Å². The van der Waals surface area contributed by atoms with Gasteiger partial charge in [0.25, 0.3) is 0 Å². The Hall–Kier alpha value is 0.0900. The number of thiocarbonyl (C=S) groups is 1. The van der Waals surface area contributed by atoms with Crippen LogP contribution in [0.1, 0.15) is 52.9 Å². The fourth-order valence-electron chi connectivity index (χ4n) is 1.60. The van der Waals surface area contributed by atoms with Crippen molar-refractivity contribution in [3.8, 4) is 0 Å². The molecule has 0 aromatic carbocycles. The van der Waals surface area contributed by atoms with E-state index in [4.69, 9.17) is 12.2 Å². The second-order valence-electron chi connectivity index (χ2n) is 3.71. The summed E-state index contributed by atoms with van der Waals surface area (Å²) in [6, 6.07) is 0. The third-order valence-electron chi connectivity index (χ3n) is 2.54. The van der Waals surface area contributed by atoms with E-state index in [9.17, 15) is 0 Å². The summed E-state index contributed by atoms with van der Waals surface area (Å²) in [5.74, 6) is 1.47. The average molecular weight is 186 g/mol. The minimum atomic E-state index is 0.680. The molecule has 0 N–H and O–H groups in total. The Morgan fingerprint density at radius 1 is 1.17 bits per heavy atom. The molecule has 0 rings (SSSR count). The fourth-order valence-corrected chi connectivity index (χ4v) is 2.00. The Balaban J connectivity index is 3.70. The van der Waals surface area contributed by atoms with Crippen LogP contribution in [0.25, 0.3) is 0 Å². The van der Waals surface area contributed by atoms with Crippen molar-refractivity contribution in [1.29, 1.82) is 0 Å². The Bertz CT molecular complexity index is 110. The Morgan fingerprint density at radius 2 is 1.83 bits per heavy atom. The summed E-state index contributed by atoms with van der Waals surface area (Å²) in [4.78, 5) is 0. The van der Waals surface area contributed by atoms with Gasteiger partial charge in [0.2, 0.25) is 0 Å². The summed E-state index contributed by atoms with van der Waals surface area (Å²) >= 11 is 5.05. The first-order valence-electron chi connectivity index (χ1n) is 5.21. The van der Waals surface area contributed by atoms with Gasteiger partial charge in [0, 0.05) is 0 Å². The lowest BCUT2D eigenvalue weighted by atomic mass is 9.88. The highest BCUT2D eigenvalue weighted by atomic mass is 32.1. The summed E-state index contributed by atoms with van der Waals surface area (Å²) in [5, 5.41) is 1.98. The van der Waals surface area contributed by atoms with Crippen molar-refractivity contribution in [3.63, 3.8) is 0 Å². The molecule has 0 radical (unpaired) electrons. The van der Waals surface area contributed by atoms with Gasteiger partial charge in [-0.2, -0.15) is 0 Å². The van der Waals surface area contributed by atoms with Gasteiger partial charge in [0.05, 0.1) is 0 Å². The molecule has 0 saturated heterocycles. The van der Waals surface area contributed by atoms with Crippen LogP contribution in [0.4, 0.5) is 0 Å². The van der Waals surface area contributed by atoms with Gasteiger partial charge in [-0.15, -0.1) is 0 Å². The van der Waals surface area contributed by atoms with Gasteiger partial charge in [-0.3, -0.25) is 0 Å². The third-order valence-corrected chi connectivity index (χ3v) is 2.89. The largest absolute Gasteiger partial charge is 0.0932 e. The summed E-state index contributed by atoms with van der Waals surface area (Å²) in [7, 11) is 0. The van der Waals surface area contributed by atoms with Gasteiger partial charge in [-0.05, 0) is 23.6 Å². The molecule has 0 aromatic rings. The molecule has 0 amide bonds. The minimum absolute atomic E-state index is 0.680. The van der Waals surface area contributed by atoms with Crippen molar-refractivity contribution in [3.05, 3.63) is 0 Å². The van der Waals surface area contributed by atoms with Crippen LogP contribution in [0, 0.1) is 11.8 Å². The molecule has 12 heavy (non-hydrogen) atoms. The quantitative estimate of drug-likeness (QED) is 0.536. The van der Waals surface area contributed by atoms with Crippen LogP contribution in [-0.2, 0) is 0 Å². The molecule has 0 aromatic heterocycles. The molecule has 0 fully saturated rings. The predicted octanol–water partition coefficient (Wildman–Crippen LogP) is 4.23. The number of rotatable bonds is 7. The van der Waals surface area contributed by atoms with Crippen molar-refractivity contribution in [2.75, 3.05) is 0 Å². The lowest BCUT2D eigenvalue weighted by molar-refractivity contribution is 0.398. The Morgan fingerprint density at radius 3 is 2.25 bits per heavy atom. The van der Waals surface area contributed by atoms with Gasteiger partial charge < -0.3 is 0 Å². The van der Waals surface area contributed by atoms with Crippen LogP contribution < -0.4 is 0 Å². The molecule has 2 unspecified atom stereocenters. The molecule has 72 valence electrons. The lowest BCUT2D eigenvalue weighted by Gasteiger charge is -2.18. The minimum Gasteiger partial charge on any atom is -0.0932 e. The van der Waals surface area contributed by atoms with Crippen molar-refractivity contribution >= 4 is 17.6 Å². The highest BCUT2D eigenvalue weighted by Crippen LogP contribution is 2.21. The maximum Gasteiger partial charge on any atom is -0.0103 e. The molecular weight excluding hydrogens is 164 g/mol. The molecular formula is C11H22S. The van der Waals surface area contributed by atoms with E-state index in [1.165, 1.54) is 32.1 Å². The zero-order valence-electron chi connectivity index (χ0n) is 8.68. The van der Waals surface area contributed by atoms with E-state index in [-0.39, 0.29) is 0 Å². The van der Waals surface area contributed by atoms with E-state index in [1.807, 2.05) is 5.37 Å². The van der Waals surface area contributed by atoms with Crippen LogP contribution in [0.2, 0.25) is 0 Å². The van der Waals surface area contributed by atoms with Gasteiger partial charge in [-0.25, -0.2) is 0 Å². The molecule has 1 heteroatoms. The van der Waals surface area contributed by atoms with Crippen molar-refractivity contribution < 1.29 is 0 Å². The van der Waals surface area contributed by atoms with Gasteiger partial charge in [0.1, 0.15) is 0 Å². The third kappa shape index (κ3) is 4.87. The summed E-state index contributed by atoms with van der Waals surface area (Å²) < 4.78 is 0. The highest BCUT2D eigenvalue weighted by molar-refractivity contribution is 7.79. The summed E-state index contributed by atoms with van der Waals surface area (Å²) in [6.45, 7) is 6.81. The van der Waals surface area contributed by atoms with E-state index in [0.717, 1.165) is 5.92 Å². The van der Waals surface area contributed by atoms with Crippen molar-refractivity contribution in [2.24, 2.45) is 11.8 Å². The predicted molar refractivity (Wildman–Crippen MR) is 60.7 cm³/mol. The molecule has 0 heterocycles. The van der Waals surface area contributed by atoms with Crippen LogP contribution in [0.3, 0.4) is 0 Å². The SMILES string of the molecule is CCCCC(C=S)C(C)CCC. The topological polar surface area (TPSA) is 0 Å². The number of hydrogen-bond donors (Lipinski definition) is 0. The van der Waals surface area contributed by atoms with Crippen LogP contribution in [0.5, 0.6) is 0 Å². The fraction of sp³-hybridized carbons (Fsp3) is 0.909. The molecule has 0 saturated carbocycles. The van der Waals surface area contributed by atoms with E-state index in [2.05, 4.69) is 20.8 Å². The number of unbranched alkanes of at least 4 members (excludes halogenated alkanes) is 1. The molecule has 0 aliphatic carbocycles. The first kappa shape index (κ1) is 12.1. The average Bonchev–Trinajstić information content (AvgIpc) is 2.06. The van der Waals surface area contributed by atoms with E-state index in [0.29, 0.717) is 5.92 Å². The van der Waals surface area contributed by atoms with E-state index < -0.39 is 0 Å². The van der Waals surface area contributed by atoms with Crippen LogP contribution in [0.15, 0.2) is 0 Å². The molecule has 2 atom stereocenters. The normalized spacial score (nSPS) is 15.6. The molecule has 0 bridgehead atoms. The summed E-state index contributed by atoms with van der Waals surface area (Å²) in [5.41, 5.74) is 0. The first-order valence-corrected chi connectivity index (χ1v) is 5.68. The zero-order valence-corrected chi connectivity index (χ0v) is 9.49. The lowest BCUT2D eigenvalue weighted by Crippen LogP contribution is -2.12. The standard InChI is InChI=1S/C11H22S/c1-4-6-8-11(9-12)10(3)7-5-2/h9-11H,4-8H2,1-3H3. The van der Waals surface area contributed by atoms with Crippen molar-refractivity contribution in [2.45, 2.75) is 52.9 Å².